The Balaban J connectivity index is 4.50. The first-order chi connectivity index (χ1) is 26.0. The Hall–Kier alpha value is -2.03. The van der Waals surface area contributed by atoms with Gasteiger partial charge in [0.1, 0.15) is 19.8 Å². The number of likely N-dealkylation sites (N-methyl/N-ethyl adjacent to an activating group) is 1. The van der Waals surface area contributed by atoms with E-state index in [-0.39, 0.29) is 32.0 Å². The van der Waals surface area contributed by atoms with Crippen molar-refractivity contribution >= 4 is 19.8 Å². The minimum absolute atomic E-state index is 0.0188. The number of nitrogens with zero attached hydrogens (tertiary/aromatic N) is 1. The first-order valence-electron chi connectivity index (χ1n) is 21.4. The van der Waals surface area contributed by atoms with Gasteiger partial charge >= 0.3 is 19.8 Å². The maximum atomic E-state index is 12.6. The zero-order valence-corrected chi connectivity index (χ0v) is 36.1. The summed E-state index contributed by atoms with van der Waals surface area (Å²) in [5.41, 5.74) is 0. The van der Waals surface area contributed by atoms with E-state index in [2.05, 4.69) is 50.3 Å². The Labute approximate surface area is 331 Å². The number of allylic oxidation sites excluding steroid dienone is 8. The number of unbranched alkanes of at least 4 members (excludes halogenated alkanes) is 16. The van der Waals surface area contributed by atoms with Crippen LogP contribution in [0.1, 0.15) is 168 Å². The number of carbonyl (C=O) groups excluding carboxylic acids is 2. The van der Waals surface area contributed by atoms with Crippen molar-refractivity contribution in [3.8, 4) is 0 Å². The Morgan fingerprint density at radius 2 is 1.04 bits per heavy atom. The number of phosphoric ester groups is 1. The number of carbonyl (C=O) groups is 2. The highest BCUT2D eigenvalue weighted by Crippen LogP contribution is 2.43. The van der Waals surface area contributed by atoms with Crippen molar-refractivity contribution in [2.45, 2.75) is 174 Å². The summed E-state index contributed by atoms with van der Waals surface area (Å²) in [7, 11) is 1.43. The van der Waals surface area contributed by atoms with E-state index in [1.165, 1.54) is 96.3 Å². The van der Waals surface area contributed by atoms with Gasteiger partial charge < -0.3 is 18.9 Å². The normalized spacial score (nSPS) is 14.1. The van der Waals surface area contributed by atoms with Crippen LogP contribution in [-0.2, 0) is 32.7 Å². The highest BCUT2D eigenvalue weighted by atomic mass is 31.2. The second kappa shape index (κ2) is 36.6. The van der Waals surface area contributed by atoms with E-state index in [9.17, 15) is 19.0 Å². The maximum Gasteiger partial charge on any atom is 0.472 e. The number of hydrogen-bond donors (Lipinski definition) is 1. The summed E-state index contributed by atoms with van der Waals surface area (Å²) >= 11 is 0. The van der Waals surface area contributed by atoms with Crippen molar-refractivity contribution in [2.75, 3.05) is 47.5 Å². The second-order valence-corrected chi connectivity index (χ2v) is 16.8. The number of ether oxygens (including phenoxy) is 2. The lowest BCUT2D eigenvalue weighted by Crippen LogP contribution is -2.37. The van der Waals surface area contributed by atoms with Crippen molar-refractivity contribution in [3.05, 3.63) is 48.6 Å². The quantitative estimate of drug-likeness (QED) is 0.0217. The Morgan fingerprint density at radius 3 is 1.56 bits per heavy atom. The lowest BCUT2D eigenvalue weighted by atomic mass is 10.0. The summed E-state index contributed by atoms with van der Waals surface area (Å²) in [6.07, 6.45) is 41.7. The van der Waals surface area contributed by atoms with Gasteiger partial charge in [-0.1, -0.05) is 159 Å². The van der Waals surface area contributed by atoms with Crippen molar-refractivity contribution in [2.24, 2.45) is 0 Å². The van der Waals surface area contributed by atoms with Crippen LogP contribution in [0.25, 0.3) is 0 Å². The van der Waals surface area contributed by atoms with E-state index in [0.29, 0.717) is 17.4 Å². The smallest absolute Gasteiger partial charge is 0.462 e. The highest BCUT2D eigenvalue weighted by molar-refractivity contribution is 7.47. The molecule has 0 aromatic carbocycles. The fraction of sp³-hybridized carbons (Fsp3) is 0.773. The van der Waals surface area contributed by atoms with Crippen LogP contribution in [0.15, 0.2) is 48.6 Å². The van der Waals surface area contributed by atoms with Gasteiger partial charge in [-0.25, -0.2) is 4.57 Å². The summed E-state index contributed by atoms with van der Waals surface area (Å²) < 4.78 is 34.2. The van der Waals surface area contributed by atoms with E-state index in [1.807, 2.05) is 33.3 Å². The third-order valence-electron chi connectivity index (χ3n) is 8.88. The lowest BCUT2D eigenvalue weighted by molar-refractivity contribution is -0.870. The van der Waals surface area contributed by atoms with Gasteiger partial charge in [-0.3, -0.25) is 18.6 Å². The van der Waals surface area contributed by atoms with Crippen LogP contribution in [0.2, 0.25) is 0 Å². The summed E-state index contributed by atoms with van der Waals surface area (Å²) in [4.78, 5) is 35.3. The van der Waals surface area contributed by atoms with Gasteiger partial charge in [-0.05, 0) is 44.9 Å². The molecule has 0 radical (unpaired) electrons. The minimum Gasteiger partial charge on any atom is -0.462 e. The molecule has 9 nitrogen and oxygen atoms in total. The number of phosphoric acid groups is 1. The second-order valence-electron chi connectivity index (χ2n) is 15.4. The molecule has 1 N–H and O–H groups in total. The fourth-order valence-electron chi connectivity index (χ4n) is 5.49. The Morgan fingerprint density at radius 1 is 0.574 bits per heavy atom. The molecular weight excluding hydrogens is 701 g/mol. The average molecular weight is 783 g/mol. The molecule has 314 valence electrons. The monoisotopic (exact) mass is 783 g/mol. The predicted molar refractivity (Wildman–Crippen MR) is 224 cm³/mol. The molecule has 2 atom stereocenters. The zero-order chi connectivity index (χ0) is 40.0. The molecule has 0 saturated carbocycles. The number of hydrogen-bond acceptors (Lipinski definition) is 7. The molecule has 0 bridgehead atoms. The largest absolute Gasteiger partial charge is 0.472 e. The van der Waals surface area contributed by atoms with Gasteiger partial charge in [-0.2, -0.15) is 0 Å². The van der Waals surface area contributed by atoms with Crippen LogP contribution >= 0.6 is 7.82 Å². The predicted octanol–water partition coefficient (Wildman–Crippen LogP) is 11.9. The van der Waals surface area contributed by atoms with Crippen LogP contribution in [0.4, 0.5) is 0 Å². The van der Waals surface area contributed by atoms with Crippen LogP contribution < -0.4 is 0 Å². The summed E-state index contributed by atoms with van der Waals surface area (Å²) in [5.74, 6) is -0.891. The van der Waals surface area contributed by atoms with Gasteiger partial charge in [0.25, 0.3) is 0 Å². The standard InChI is InChI=1S/C44H80NO8P/c1-6-8-10-12-14-16-18-20-21-22-23-25-27-29-31-33-35-37-44(47)53-42(41-52-54(48,49)51-39-38-45(3,4)5)40-50-43(46)36-34-32-30-28-26-24-19-17-15-13-11-9-7-2/h16,18,21-22,25,27,31,33,42H,6-15,17,19-20,23-24,26,28-30,32,34-41H2,1-5H3/p+1/b18-16-,22-21-,27-25-,33-31-. The Bertz CT molecular complexity index is 1070. The van der Waals surface area contributed by atoms with Crippen LogP contribution in [0.3, 0.4) is 0 Å². The van der Waals surface area contributed by atoms with Gasteiger partial charge in [-0.15, -0.1) is 0 Å². The molecule has 0 aliphatic carbocycles. The lowest BCUT2D eigenvalue weighted by Gasteiger charge is -2.24. The molecule has 0 rings (SSSR count). The number of esters is 2. The van der Waals surface area contributed by atoms with Gasteiger partial charge in [0.15, 0.2) is 6.10 Å². The summed E-state index contributed by atoms with van der Waals surface area (Å²) in [6.45, 7) is 4.31. The van der Waals surface area contributed by atoms with Crippen molar-refractivity contribution in [1.29, 1.82) is 0 Å². The molecule has 0 aliphatic rings. The van der Waals surface area contributed by atoms with Crippen molar-refractivity contribution < 1.29 is 42.1 Å². The molecule has 0 aromatic rings. The topological polar surface area (TPSA) is 108 Å². The molecule has 0 spiro atoms. The summed E-state index contributed by atoms with van der Waals surface area (Å²) in [6, 6.07) is 0. The first kappa shape index (κ1) is 52.0. The summed E-state index contributed by atoms with van der Waals surface area (Å²) in [5, 5.41) is 0. The molecule has 0 aromatic heterocycles. The third kappa shape index (κ3) is 39.7. The van der Waals surface area contributed by atoms with Crippen molar-refractivity contribution in [3.63, 3.8) is 0 Å². The first-order valence-corrected chi connectivity index (χ1v) is 22.9. The van der Waals surface area contributed by atoms with Crippen molar-refractivity contribution in [1.82, 2.24) is 0 Å². The third-order valence-corrected chi connectivity index (χ3v) is 9.86. The van der Waals surface area contributed by atoms with E-state index in [1.54, 1.807) is 0 Å². The molecular formula is C44H81NO8P+. The van der Waals surface area contributed by atoms with Gasteiger partial charge in [0.05, 0.1) is 27.7 Å². The van der Waals surface area contributed by atoms with Crippen LogP contribution in [-0.4, -0.2) is 74.9 Å². The molecule has 0 heterocycles. The molecule has 10 heteroatoms. The van der Waals surface area contributed by atoms with Crippen LogP contribution in [0, 0.1) is 0 Å². The van der Waals surface area contributed by atoms with E-state index in [0.717, 1.165) is 38.5 Å². The molecule has 0 saturated heterocycles. The minimum atomic E-state index is -4.39. The van der Waals surface area contributed by atoms with Gasteiger partial charge in [0, 0.05) is 12.8 Å². The van der Waals surface area contributed by atoms with E-state index in [4.69, 9.17) is 18.5 Å². The number of quaternary nitrogens is 1. The number of rotatable bonds is 38. The van der Waals surface area contributed by atoms with Crippen LogP contribution in [0.5, 0.6) is 0 Å². The van der Waals surface area contributed by atoms with E-state index < -0.39 is 26.5 Å². The zero-order valence-electron chi connectivity index (χ0n) is 35.2. The molecule has 0 aliphatic heterocycles. The average Bonchev–Trinajstić information content (AvgIpc) is 3.12. The molecule has 0 amide bonds. The maximum absolute atomic E-state index is 12.6. The SMILES string of the molecule is CCCCCC/C=C\C/C=C\C/C=C\C/C=C\CCC(=O)OC(COC(=O)CCCCCCCCCCCCCCC)COP(=O)(O)OCC[N+](C)(C)C. The highest BCUT2D eigenvalue weighted by Gasteiger charge is 2.27. The molecule has 0 fully saturated rings. The molecule has 54 heavy (non-hydrogen) atoms. The Kier molecular flexibility index (Phi) is 35.2. The molecule has 2 unspecified atom stereocenters. The van der Waals surface area contributed by atoms with E-state index >= 15 is 0 Å². The fourth-order valence-corrected chi connectivity index (χ4v) is 6.23. The van der Waals surface area contributed by atoms with Gasteiger partial charge in [0.2, 0.25) is 0 Å².